The van der Waals surface area contributed by atoms with E-state index in [9.17, 15) is 14.4 Å². The molecule has 0 N–H and O–H groups in total. The Labute approximate surface area is 112 Å². The van der Waals surface area contributed by atoms with Crippen LogP contribution in [0.25, 0.3) is 0 Å². The molecule has 0 bridgehead atoms. The van der Waals surface area contributed by atoms with E-state index in [2.05, 4.69) is 0 Å². The Bertz CT molecular complexity index is 500. The van der Waals surface area contributed by atoms with E-state index in [0.29, 0.717) is 12.0 Å². The van der Waals surface area contributed by atoms with E-state index in [0.717, 1.165) is 0 Å². The number of hydrogen-bond acceptors (Lipinski definition) is 4. The third-order valence-corrected chi connectivity index (χ3v) is 4.28. The molecule has 0 aliphatic heterocycles. The zero-order chi connectivity index (χ0) is 14.2. The molecule has 0 amide bonds. The molecule has 2 aliphatic carbocycles. The van der Waals surface area contributed by atoms with Crippen LogP contribution in [0, 0.1) is 17.3 Å². The largest absolute Gasteiger partial charge is 0.465 e. The minimum atomic E-state index is -0.791. The molecule has 2 rings (SSSR count). The zero-order valence-electron chi connectivity index (χ0n) is 11.4. The first-order valence-electron chi connectivity index (χ1n) is 6.44. The lowest BCUT2D eigenvalue weighted by Gasteiger charge is -2.44. The fraction of sp³-hybridized carbons (Fsp3) is 0.533. The van der Waals surface area contributed by atoms with Gasteiger partial charge < -0.3 is 4.74 Å². The van der Waals surface area contributed by atoms with Crippen LogP contribution in [0.2, 0.25) is 0 Å². The van der Waals surface area contributed by atoms with Gasteiger partial charge in [0.1, 0.15) is 0 Å². The van der Waals surface area contributed by atoms with Crippen molar-refractivity contribution in [3.05, 3.63) is 23.8 Å². The fourth-order valence-electron chi connectivity index (χ4n) is 2.95. The Hall–Kier alpha value is -1.71. The molecule has 0 aromatic heterocycles. The Morgan fingerprint density at radius 1 is 1.47 bits per heavy atom. The summed E-state index contributed by atoms with van der Waals surface area (Å²) in [6.45, 7) is 4.96. The normalized spacial score (nSPS) is 33.7. The highest BCUT2D eigenvalue weighted by Gasteiger charge is 2.52. The summed E-state index contributed by atoms with van der Waals surface area (Å²) in [4.78, 5) is 35.5. The van der Waals surface area contributed by atoms with Crippen LogP contribution in [0.3, 0.4) is 0 Å². The summed E-state index contributed by atoms with van der Waals surface area (Å²) < 4.78 is 5.03. The predicted octanol–water partition coefficient (Wildman–Crippen LogP) is 1.85. The van der Waals surface area contributed by atoms with Gasteiger partial charge in [0.2, 0.25) is 0 Å². The lowest BCUT2D eigenvalue weighted by Crippen LogP contribution is -2.50. The molecular weight excluding hydrogens is 244 g/mol. The Morgan fingerprint density at radius 2 is 2.16 bits per heavy atom. The number of allylic oxidation sites excluding steroid dienone is 3. The molecule has 102 valence electrons. The van der Waals surface area contributed by atoms with Gasteiger partial charge in [-0.15, -0.1) is 0 Å². The molecule has 4 heteroatoms. The summed E-state index contributed by atoms with van der Waals surface area (Å²) in [6.07, 6.45) is 5.80. The molecular formula is C15H18O4. The minimum absolute atomic E-state index is 0.0271. The van der Waals surface area contributed by atoms with Crippen molar-refractivity contribution in [2.24, 2.45) is 17.3 Å². The van der Waals surface area contributed by atoms with Crippen LogP contribution in [0.4, 0.5) is 0 Å². The minimum Gasteiger partial charge on any atom is -0.465 e. The topological polar surface area (TPSA) is 60.4 Å². The molecule has 2 aliphatic rings. The van der Waals surface area contributed by atoms with Crippen molar-refractivity contribution in [2.45, 2.75) is 27.2 Å². The predicted molar refractivity (Wildman–Crippen MR) is 69.2 cm³/mol. The molecule has 0 radical (unpaired) electrons. The van der Waals surface area contributed by atoms with E-state index < -0.39 is 5.41 Å². The number of rotatable bonds is 2. The number of carbonyl (C=O) groups excluding carboxylic acids is 3. The maximum atomic E-state index is 12.4. The van der Waals surface area contributed by atoms with Gasteiger partial charge in [-0.05, 0) is 25.0 Å². The van der Waals surface area contributed by atoms with E-state index in [1.54, 1.807) is 13.8 Å². The summed E-state index contributed by atoms with van der Waals surface area (Å²) in [5.41, 5.74) is -0.269. The van der Waals surface area contributed by atoms with E-state index in [4.69, 9.17) is 4.74 Å². The van der Waals surface area contributed by atoms with Crippen molar-refractivity contribution >= 4 is 17.5 Å². The van der Waals surface area contributed by atoms with Crippen LogP contribution < -0.4 is 0 Å². The highest BCUT2D eigenvalue weighted by atomic mass is 16.5. The molecule has 0 saturated heterocycles. The van der Waals surface area contributed by atoms with E-state index in [-0.39, 0.29) is 36.0 Å². The van der Waals surface area contributed by atoms with Crippen LogP contribution >= 0.6 is 0 Å². The molecule has 3 atom stereocenters. The summed E-state index contributed by atoms with van der Waals surface area (Å²) in [5, 5.41) is 0. The summed E-state index contributed by atoms with van der Waals surface area (Å²) >= 11 is 0. The molecule has 0 aromatic carbocycles. The highest BCUT2D eigenvalue weighted by molar-refractivity contribution is 6.12. The van der Waals surface area contributed by atoms with E-state index >= 15 is 0 Å². The molecule has 0 heterocycles. The average Bonchev–Trinajstić information content (AvgIpc) is 2.34. The maximum Gasteiger partial charge on any atom is 0.302 e. The second kappa shape index (κ2) is 4.76. The zero-order valence-corrected chi connectivity index (χ0v) is 11.4. The van der Waals surface area contributed by atoms with Crippen LogP contribution in [0.5, 0.6) is 0 Å². The standard InChI is InChI=1S/C15H18O4/c1-9-7-13(17)15(3)11(8-19-10(2)16)5-4-6-12(15)14(9)18/h4-5,7,11-12H,6,8H2,1-3H3/t11-,12-,15+/m1/s1. The molecule has 0 fully saturated rings. The van der Waals surface area contributed by atoms with E-state index in [1.807, 2.05) is 12.2 Å². The van der Waals surface area contributed by atoms with Gasteiger partial charge in [-0.3, -0.25) is 14.4 Å². The molecule has 0 saturated carbocycles. The van der Waals surface area contributed by atoms with Gasteiger partial charge in [-0.25, -0.2) is 0 Å². The van der Waals surface area contributed by atoms with Gasteiger partial charge in [0.25, 0.3) is 0 Å². The molecule has 0 unspecified atom stereocenters. The number of esters is 1. The first-order chi connectivity index (χ1) is 8.87. The number of carbonyl (C=O) groups is 3. The lowest BCUT2D eigenvalue weighted by molar-refractivity contribution is -0.148. The quantitative estimate of drug-likeness (QED) is 0.563. The first kappa shape index (κ1) is 13.7. The van der Waals surface area contributed by atoms with Crippen LogP contribution in [-0.2, 0) is 19.1 Å². The SMILES string of the molecule is CC(=O)OC[C@H]1C=CC[C@@H]2C(=O)C(C)=CC(=O)[C@@]12C. The Kier molecular flexibility index (Phi) is 3.43. The van der Waals surface area contributed by atoms with Gasteiger partial charge in [0, 0.05) is 18.8 Å². The fourth-order valence-corrected chi connectivity index (χ4v) is 2.95. The van der Waals surface area contributed by atoms with Gasteiger partial charge in [0.15, 0.2) is 11.6 Å². The van der Waals surface area contributed by atoms with Crippen LogP contribution in [0.1, 0.15) is 27.2 Å². The lowest BCUT2D eigenvalue weighted by atomic mass is 9.57. The number of Topliss-reactive ketones (excluding diaryl/α,β-unsaturated/α-hetero) is 1. The Balaban J connectivity index is 2.35. The number of fused-ring (bicyclic) bond motifs is 1. The van der Waals surface area contributed by atoms with Gasteiger partial charge in [-0.1, -0.05) is 19.1 Å². The summed E-state index contributed by atoms with van der Waals surface area (Å²) in [7, 11) is 0. The van der Waals surface area contributed by atoms with Crippen LogP contribution in [0.15, 0.2) is 23.8 Å². The second-order valence-corrected chi connectivity index (χ2v) is 5.46. The van der Waals surface area contributed by atoms with Crippen molar-refractivity contribution in [1.82, 2.24) is 0 Å². The first-order valence-corrected chi connectivity index (χ1v) is 6.44. The van der Waals surface area contributed by atoms with E-state index in [1.165, 1.54) is 13.0 Å². The summed E-state index contributed by atoms with van der Waals surface area (Å²) in [6, 6.07) is 0. The number of hydrogen-bond donors (Lipinski definition) is 0. The second-order valence-electron chi connectivity index (χ2n) is 5.46. The van der Waals surface area contributed by atoms with Crippen molar-refractivity contribution in [1.29, 1.82) is 0 Å². The molecule has 0 aromatic rings. The third kappa shape index (κ3) is 2.15. The average molecular weight is 262 g/mol. The molecule has 4 nitrogen and oxygen atoms in total. The monoisotopic (exact) mass is 262 g/mol. The van der Waals surface area contributed by atoms with Crippen molar-refractivity contribution in [2.75, 3.05) is 6.61 Å². The van der Waals surface area contributed by atoms with Crippen LogP contribution in [-0.4, -0.2) is 24.1 Å². The van der Waals surface area contributed by atoms with Crippen molar-refractivity contribution in [3.63, 3.8) is 0 Å². The molecule has 19 heavy (non-hydrogen) atoms. The smallest absolute Gasteiger partial charge is 0.302 e. The van der Waals surface area contributed by atoms with Crippen molar-refractivity contribution in [3.8, 4) is 0 Å². The van der Waals surface area contributed by atoms with Crippen molar-refractivity contribution < 1.29 is 19.1 Å². The number of ether oxygens (including phenoxy) is 1. The third-order valence-electron chi connectivity index (χ3n) is 4.28. The van der Waals surface area contributed by atoms with Gasteiger partial charge in [-0.2, -0.15) is 0 Å². The Morgan fingerprint density at radius 3 is 2.79 bits per heavy atom. The van der Waals surface area contributed by atoms with Gasteiger partial charge >= 0.3 is 5.97 Å². The van der Waals surface area contributed by atoms with Gasteiger partial charge in [0.05, 0.1) is 12.0 Å². The highest BCUT2D eigenvalue weighted by Crippen LogP contribution is 2.47. The summed E-state index contributed by atoms with van der Waals surface area (Å²) in [5.74, 6) is -0.970. The number of ketones is 2. The molecule has 0 spiro atoms. The maximum absolute atomic E-state index is 12.4.